The number of aryl methyl sites for hydroxylation is 3. The zero-order chi connectivity index (χ0) is 54.7. The van der Waals surface area contributed by atoms with E-state index in [0.717, 1.165) is 51.4 Å². The Hall–Kier alpha value is -6.74. The Bertz CT molecular complexity index is 2960. The minimum absolute atomic E-state index is 0.00343. The van der Waals surface area contributed by atoms with Crippen LogP contribution in [0.25, 0.3) is 21.6 Å². The number of aromatic nitrogens is 5. The standard InChI is InChI=1S/C56H72F2N12O6S/c1-34-49(77-33-61-34)36-16-14-35(15-17-36)28-60-53(74)46-26-40(71)31-69(46)54(75)50(56(2,3)4)63-47(72)12-8-7-9-13-48(73)66-22-18-39(19-23-66)70-44-20-24-67(55(76)59-5)32-43(44)52(64-70)68-21-10-11-37-25-41(38-29-62-65(6)30-38)42(51(57)58)27-45(37)68/h14-17,25,27,29-30,33,39-40,46,50-51,71H,7-13,18-24,26,28,31-32H2,1-6H3,(H,59,76)(H,60,74)(H,63,72)/t40-,46+,50-/m1/s1. The predicted octanol–water partition coefficient (Wildman–Crippen LogP) is 7.36. The highest BCUT2D eigenvalue weighted by Gasteiger charge is 2.45. The van der Waals surface area contributed by atoms with Crippen molar-refractivity contribution in [3.63, 3.8) is 0 Å². The molecule has 5 aromatic rings. The van der Waals surface area contributed by atoms with Gasteiger partial charge in [0.05, 0.1) is 41.0 Å². The maximum Gasteiger partial charge on any atom is 0.317 e. The van der Waals surface area contributed by atoms with Crippen LogP contribution in [0.3, 0.4) is 0 Å². The Labute approximate surface area is 452 Å². The number of urea groups is 1. The monoisotopic (exact) mass is 1080 g/mol. The first-order valence-corrected chi connectivity index (χ1v) is 27.9. The second kappa shape index (κ2) is 23.5. The second-order valence-corrected chi connectivity index (χ2v) is 22.9. The summed E-state index contributed by atoms with van der Waals surface area (Å²) >= 11 is 1.57. The first kappa shape index (κ1) is 55.0. The average Bonchev–Trinajstić information content (AvgIpc) is 4.25. The van der Waals surface area contributed by atoms with Crippen molar-refractivity contribution < 1.29 is 37.9 Å². The summed E-state index contributed by atoms with van der Waals surface area (Å²) in [6.07, 6.45) is 5.55. The van der Waals surface area contributed by atoms with E-state index in [1.165, 1.54) is 4.90 Å². The van der Waals surface area contributed by atoms with Gasteiger partial charge in [-0.05, 0) is 85.3 Å². The largest absolute Gasteiger partial charge is 0.391 e. The van der Waals surface area contributed by atoms with Crippen molar-refractivity contribution in [2.75, 3.05) is 44.7 Å². The smallest absolute Gasteiger partial charge is 0.317 e. The number of anilines is 2. The lowest BCUT2D eigenvalue weighted by molar-refractivity contribution is -0.144. The van der Waals surface area contributed by atoms with E-state index in [0.29, 0.717) is 100 Å². The van der Waals surface area contributed by atoms with E-state index in [9.17, 15) is 37.9 Å². The maximum atomic E-state index is 14.8. The minimum Gasteiger partial charge on any atom is -0.391 e. The van der Waals surface area contributed by atoms with Crippen molar-refractivity contribution >= 4 is 52.5 Å². The number of alkyl halides is 2. The highest BCUT2D eigenvalue weighted by atomic mass is 32.1. The number of aliphatic hydroxyl groups excluding tert-OH is 1. The summed E-state index contributed by atoms with van der Waals surface area (Å²) in [5.41, 5.74) is 8.62. The molecule has 18 nitrogen and oxygen atoms in total. The fourth-order valence-electron chi connectivity index (χ4n) is 11.4. The maximum absolute atomic E-state index is 14.8. The quantitative estimate of drug-likeness (QED) is 0.0724. The van der Waals surface area contributed by atoms with Gasteiger partial charge in [0.1, 0.15) is 12.1 Å². The number of carbonyl (C=O) groups is 5. The first-order valence-electron chi connectivity index (χ1n) is 27.0. The number of fused-ring (bicyclic) bond motifs is 2. The molecule has 3 atom stereocenters. The Morgan fingerprint density at radius 3 is 2.36 bits per heavy atom. The summed E-state index contributed by atoms with van der Waals surface area (Å²) in [6.45, 7) is 10.3. The van der Waals surface area contributed by atoms with E-state index in [1.54, 1.807) is 53.5 Å². The molecule has 3 aromatic heterocycles. The van der Waals surface area contributed by atoms with Crippen LogP contribution in [0, 0.1) is 12.3 Å². The number of aliphatic hydroxyl groups is 1. The number of amides is 6. The number of halogens is 2. The van der Waals surface area contributed by atoms with E-state index in [2.05, 4.69) is 35.6 Å². The van der Waals surface area contributed by atoms with Crippen LogP contribution in [0.4, 0.5) is 25.1 Å². The van der Waals surface area contributed by atoms with E-state index < -0.39 is 35.9 Å². The summed E-state index contributed by atoms with van der Waals surface area (Å²) in [5, 5.41) is 28.8. The molecule has 412 valence electrons. The SMILES string of the molecule is CNC(=O)N1CCc2c(c(N3CCCc4cc(-c5cnn(C)c5)c(C(F)F)cc43)nn2C2CCN(C(=O)CCCCCC(=O)N[C@H](C(=O)N3C[C@H](O)C[C@H]3C(=O)NCc3ccc(-c4scnc4C)cc3)C(C)(C)C)CC2)C1. The average molecular weight is 1080 g/mol. The molecule has 77 heavy (non-hydrogen) atoms. The third-order valence-electron chi connectivity index (χ3n) is 15.6. The van der Waals surface area contributed by atoms with Crippen LogP contribution < -0.4 is 20.9 Å². The third-order valence-corrected chi connectivity index (χ3v) is 16.6. The number of benzene rings is 2. The van der Waals surface area contributed by atoms with Gasteiger partial charge >= 0.3 is 6.03 Å². The zero-order valence-corrected chi connectivity index (χ0v) is 45.8. The van der Waals surface area contributed by atoms with Crippen molar-refractivity contribution in [2.24, 2.45) is 12.5 Å². The van der Waals surface area contributed by atoms with Gasteiger partial charge in [-0.15, -0.1) is 11.3 Å². The molecule has 4 N–H and O–H groups in total. The number of nitrogens with one attached hydrogen (secondary N) is 3. The fraction of sp³-hybridized carbons (Fsp3) is 0.536. The number of rotatable bonds is 16. The molecular formula is C56H72F2N12O6S. The molecule has 0 saturated carbocycles. The van der Waals surface area contributed by atoms with Gasteiger partial charge in [0.2, 0.25) is 23.6 Å². The Kier molecular flexibility index (Phi) is 16.8. The summed E-state index contributed by atoms with van der Waals surface area (Å²) < 4.78 is 33.3. The predicted molar refractivity (Wildman–Crippen MR) is 289 cm³/mol. The fourth-order valence-corrected chi connectivity index (χ4v) is 12.2. The summed E-state index contributed by atoms with van der Waals surface area (Å²) in [7, 11) is 3.37. The number of carbonyl (C=O) groups excluding carboxylic acids is 5. The molecule has 6 amide bonds. The first-order chi connectivity index (χ1) is 36.9. The molecular weight excluding hydrogens is 1010 g/mol. The highest BCUT2D eigenvalue weighted by Crippen LogP contribution is 2.44. The van der Waals surface area contributed by atoms with E-state index in [4.69, 9.17) is 5.10 Å². The molecule has 2 fully saturated rings. The molecule has 9 rings (SSSR count). The molecule has 0 spiro atoms. The molecule has 7 heterocycles. The third kappa shape index (κ3) is 12.2. The van der Waals surface area contributed by atoms with E-state index in [-0.39, 0.29) is 61.3 Å². The molecule has 2 aromatic carbocycles. The number of β-amino-alcohol motifs (C(OH)–C–C–N with tert-alkyl or cyclic N) is 1. The van der Waals surface area contributed by atoms with Gasteiger partial charge in [0.15, 0.2) is 5.82 Å². The summed E-state index contributed by atoms with van der Waals surface area (Å²) in [4.78, 5) is 80.2. The van der Waals surface area contributed by atoms with E-state index >= 15 is 0 Å². The molecule has 0 unspecified atom stereocenters. The minimum atomic E-state index is -2.71. The number of likely N-dealkylation sites (tertiary alicyclic amines) is 2. The van der Waals surface area contributed by atoms with Crippen LogP contribution in [0.5, 0.6) is 0 Å². The van der Waals surface area contributed by atoms with Gasteiger partial charge in [0.25, 0.3) is 6.43 Å². The number of nitrogens with zero attached hydrogens (tertiary/aromatic N) is 9. The van der Waals surface area contributed by atoms with Crippen LogP contribution >= 0.6 is 11.3 Å². The van der Waals surface area contributed by atoms with Gasteiger partial charge in [-0.25, -0.2) is 18.6 Å². The Morgan fingerprint density at radius 2 is 1.69 bits per heavy atom. The van der Waals surface area contributed by atoms with Crippen molar-refractivity contribution in [3.8, 4) is 21.6 Å². The number of piperidine rings is 1. The number of hydrogen-bond acceptors (Lipinski definition) is 11. The highest BCUT2D eigenvalue weighted by molar-refractivity contribution is 7.13. The zero-order valence-electron chi connectivity index (χ0n) is 45.0. The van der Waals surface area contributed by atoms with Gasteiger partial charge < -0.3 is 40.7 Å². The number of thiazole rings is 1. The summed E-state index contributed by atoms with van der Waals surface area (Å²) in [6, 6.07) is 9.32. The van der Waals surface area contributed by atoms with E-state index in [1.807, 2.05) is 68.4 Å². The lowest BCUT2D eigenvalue weighted by atomic mass is 9.85. The van der Waals surface area contributed by atoms with Crippen LogP contribution in [0.15, 0.2) is 54.3 Å². The molecule has 0 bridgehead atoms. The molecule has 4 aliphatic rings. The van der Waals surface area contributed by atoms with Gasteiger partial charge in [0, 0.05) is 113 Å². The van der Waals surface area contributed by atoms with Gasteiger partial charge in [-0.1, -0.05) is 51.5 Å². The lowest BCUT2D eigenvalue weighted by Gasteiger charge is -2.35. The van der Waals surface area contributed by atoms with Crippen molar-refractivity contribution in [3.05, 3.63) is 87.9 Å². The van der Waals surface area contributed by atoms with Gasteiger partial charge in [-0.3, -0.25) is 28.5 Å². The molecule has 2 saturated heterocycles. The second-order valence-electron chi connectivity index (χ2n) is 22.1. The van der Waals surface area contributed by atoms with Crippen molar-refractivity contribution in [1.29, 1.82) is 0 Å². The van der Waals surface area contributed by atoms with Gasteiger partial charge in [-0.2, -0.15) is 10.2 Å². The van der Waals surface area contributed by atoms with Crippen molar-refractivity contribution in [2.45, 2.75) is 142 Å². The normalized spacial score (nSPS) is 18.3. The molecule has 0 aliphatic carbocycles. The van der Waals surface area contributed by atoms with Crippen LogP contribution in [0.1, 0.15) is 125 Å². The van der Waals surface area contributed by atoms with Crippen LogP contribution in [0.2, 0.25) is 0 Å². The Morgan fingerprint density at radius 1 is 0.935 bits per heavy atom. The molecule has 0 radical (unpaired) electrons. The number of unbranched alkanes of at least 4 members (excludes halogenated alkanes) is 2. The number of hydrogen-bond donors (Lipinski definition) is 4. The lowest BCUT2D eigenvalue weighted by Crippen LogP contribution is -2.57. The Balaban J connectivity index is 0.768. The van der Waals surface area contributed by atoms with Crippen LogP contribution in [-0.2, 0) is 52.2 Å². The molecule has 21 heteroatoms. The van der Waals surface area contributed by atoms with Crippen molar-refractivity contribution in [1.82, 2.24) is 55.2 Å². The summed E-state index contributed by atoms with van der Waals surface area (Å²) in [5.74, 6) is -0.367. The molecule has 4 aliphatic heterocycles. The topological polar surface area (TPSA) is 203 Å². The van der Waals surface area contributed by atoms with Crippen LogP contribution in [-0.4, -0.2) is 132 Å².